The summed E-state index contributed by atoms with van der Waals surface area (Å²) in [5.74, 6) is 1.46. The van der Waals surface area contributed by atoms with Crippen LogP contribution in [0.15, 0.2) is 42.7 Å². The van der Waals surface area contributed by atoms with E-state index in [0.717, 1.165) is 43.9 Å². The molecule has 6 heteroatoms. The molecule has 2 aliphatic heterocycles. The molecule has 0 spiro atoms. The molecule has 1 amide bonds. The number of benzene rings is 1. The van der Waals surface area contributed by atoms with E-state index in [0.29, 0.717) is 5.75 Å². The maximum atomic E-state index is 12.6. The smallest absolute Gasteiger partial charge is 0.231 e. The Labute approximate surface area is 146 Å². The molecule has 3 heterocycles. The third-order valence-electron chi connectivity index (χ3n) is 4.65. The number of nitrogens with one attached hydrogen (secondary N) is 1. The van der Waals surface area contributed by atoms with E-state index < -0.39 is 0 Å². The molecule has 1 fully saturated rings. The Hall–Kier alpha value is -2.60. The first-order valence-corrected chi connectivity index (χ1v) is 8.60. The summed E-state index contributed by atoms with van der Waals surface area (Å²) in [5, 5.41) is 3.01. The lowest BCUT2D eigenvalue weighted by atomic mass is 9.96. The standard InChI is InChI=1S/C19H21N3O3/c23-19(21-16-5-6-17-18(9-16)25-13-24-17)15-4-2-8-22(12-15)11-14-3-1-7-20-10-14/h1,3,5-7,9-10,15H,2,4,8,11-13H2,(H,21,23). The predicted octanol–water partition coefficient (Wildman–Crippen LogP) is 2.66. The zero-order valence-corrected chi connectivity index (χ0v) is 14.0. The summed E-state index contributed by atoms with van der Waals surface area (Å²) in [4.78, 5) is 19.1. The highest BCUT2D eigenvalue weighted by molar-refractivity contribution is 5.93. The fourth-order valence-electron chi connectivity index (χ4n) is 3.38. The Kier molecular flexibility index (Phi) is 4.52. The molecule has 1 atom stereocenters. The maximum Gasteiger partial charge on any atom is 0.231 e. The minimum Gasteiger partial charge on any atom is -0.454 e. The Bertz CT molecular complexity index is 751. The minimum absolute atomic E-state index is 0.00385. The van der Waals surface area contributed by atoms with E-state index >= 15 is 0 Å². The highest BCUT2D eigenvalue weighted by Crippen LogP contribution is 2.34. The topological polar surface area (TPSA) is 63.7 Å². The van der Waals surface area contributed by atoms with Crippen LogP contribution >= 0.6 is 0 Å². The molecule has 2 aromatic rings. The van der Waals surface area contributed by atoms with E-state index in [1.54, 1.807) is 6.20 Å². The lowest BCUT2D eigenvalue weighted by Crippen LogP contribution is -2.40. The van der Waals surface area contributed by atoms with Crippen molar-refractivity contribution in [3.05, 3.63) is 48.3 Å². The van der Waals surface area contributed by atoms with Crippen molar-refractivity contribution >= 4 is 11.6 Å². The molecule has 1 aromatic heterocycles. The van der Waals surface area contributed by atoms with Crippen LogP contribution in [0.5, 0.6) is 11.5 Å². The van der Waals surface area contributed by atoms with Gasteiger partial charge in [-0.3, -0.25) is 14.7 Å². The second-order valence-electron chi connectivity index (χ2n) is 6.49. The molecular weight excluding hydrogens is 318 g/mol. The molecule has 0 bridgehead atoms. The third kappa shape index (κ3) is 3.74. The third-order valence-corrected chi connectivity index (χ3v) is 4.65. The number of amides is 1. The number of rotatable bonds is 4. The van der Waals surface area contributed by atoms with E-state index in [9.17, 15) is 4.79 Å². The fourth-order valence-corrected chi connectivity index (χ4v) is 3.38. The van der Waals surface area contributed by atoms with Gasteiger partial charge >= 0.3 is 0 Å². The van der Waals surface area contributed by atoms with E-state index in [1.165, 1.54) is 5.56 Å². The van der Waals surface area contributed by atoms with E-state index in [4.69, 9.17) is 9.47 Å². The van der Waals surface area contributed by atoms with Gasteiger partial charge in [0, 0.05) is 37.2 Å². The number of nitrogens with zero attached hydrogens (tertiary/aromatic N) is 2. The molecule has 1 N–H and O–H groups in total. The van der Waals surface area contributed by atoms with Crippen LogP contribution in [0.4, 0.5) is 5.69 Å². The second kappa shape index (κ2) is 7.11. The maximum absolute atomic E-state index is 12.6. The molecular formula is C19H21N3O3. The van der Waals surface area contributed by atoms with Gasteiger partial charge in [-0.15, -0.1) is 0 Å². The van der Waals surface area contributed by atoms with Gasteiger partial charge in [0.05, 0.1) is 5.92 Å². The van der Waals surface area contributed by atoms with Crippen molar-refractivity contribution in [2.24, 2.45) is 5.92 Å². The molecule has 2 aliphatic rings. The molecule has 0 saturated carbocycles. The van der Waals surface area contributed by atoms with Gasteiger partial charge in [-0.1, -0.05) is 6.07 Å². The number of likely N-dealkylation sites (tertiary alicyclic amines) is 1. The van der Waals surface area contributed by atoms with Crippen LogP contribution in [0.25, 0.3) is 0 Å². The number of fused-ring (bicyclic) bond motifs is 1. The van der Waals surface area contributed by atoms with Gasteiger partial charge in [0.2, 0.25) is 12.7 Å². The number of carbonyl (C=O) groups excluding carboxylic acids is 1. The summed E-state index contributed by atoms with van der Waals surface area (Å²) in [6.07, 6.45) is 5.61. The Balaban J connectivity index is 1.36. The van der Waals surface area contributed by atoms with Gasteiger partial charge in [-0.05, 0) is 43.1 Å². The Morgan fingerprint density at radius 2 is 2.20 bits per heavy atom. The number of hydrogen-bond donors (Lipinski definition) is 1. The zero-order valence-electron chi connectivity index (χ0n) is 14.0. The van der Waals surface area contributed by atoms with Crippen molar-refractivity contribution in [2.45, 2.75) is 19.4 Å². The normalized spacial score (nSPS) is 19.6. The highest BCUT2D eigenvalue weighted by atomic mass is 16.7. The van der Waals surface area contributed by atoms with Crippen molar-refractivity contribution in [2.75, 3.05) is 25.2 Å². The van der Waals surface area contributed by atoms with E-state index in [1.807, 2.05) is 30.5 Å². The summed E-state index contributed by atoms with van der Waals surface area (Å²) in [5.41, 5.74) is 1.93. The van der Waals surface area contributed by atoms with Crippen LogP contribution < -0.4 is 14.8 Å². The zero-order chi connectivity index (χ0) is 17.1. The van der Waals surface area contributed by atoms with Crippen molar-refractivity contribution < 1.29 is 14.3 Å². The monoisotopic (exact) mass is 339 g/mol. The van der Waals surface area contributed by atoms with E-state index in [2.05, 4.69) is 21.3 Å². The van der Waals surface area contributed by atoms with Crippen LogP contribution in [0.1, 0.15) is 18.4 Å². The number of piperidine rings is 1. The second-order valence-corrected chi connectivity index (χ2v) is 6.49. The molecule has 1 unspecified atom stereocenters. The molecule has 1 aromatic carbocycles. The number of anilines is 1. The lowest BCUT2D eigenvalue weighted by Gasteiger charge is -2.31. The minimum atomic E-state index is -0.00385. The first-order chi connectivity index (χ1) is 12.3. The molecule has 6 nitrogen and oxygen atoms in total. The number of pyridine rings is 1. The summed E-state index contributed by atoms with van der Waals surface area (Å²) in [6.45, 7) is 2.86. The summed E-state index contributed by atoms with van der Waals surface area (Å²) in [7, 11) is 0. The van der Waals surface area contributed by atoms with Crippen LogP contribution in [0.2, 0.25) is 0 Å². The van der Waals surface area contributed by atoms with Gasteiger partial charge in [0.15, 0.2) is 11.5 Å². The quantitative estimate of drug-likeness (QED) is 0.928. The largest absolute Gasteiger partial charge is 0.454 e. The Morgan fingerprint density at radius 1 is 1.28 bits per heavy atom. The summed E-state index contributed by atoms with van der Waals surface area (Å²) < 4.78 is 10.7. The molecule has 0 radical (unpaired) electrons. The predicted molar refractivity (Wildman–Crippen MR) is 93.4 cm³/mol. The van der Waals surface area contributed by atoms with Crippen molar-refractivity contribution in [1.29, 1.82) is 0 Å². The number of ether oxygens (including phenoxy) is 2. The van der Waals surface area contributed by atoms with Crippen LogP contribution in [0, 0.1) is 5.92 Å². The van der Waals surface area contributed by atoms with Crippen LogP contribution in [-0.4, -0.2) is 35.7 Å². The van der Waals surface area contributed by atoms with Crippen molar-refractivity contribution in [3.8, 4) is 11.5 Å². The lowest BCUT2D eigenvalue weighted by molar-refractivity contribution is -0.121. The van der Waals surface area contributed by atoms with Gasteiger partial charge in [-0.25, -0.2) is 0 Å². The molecule has 0 aliphatic carbocycles. The van der Waals surface area contributed by atoms with Crippen LogP contribution in [0.3, 0.4) is 0 Å². The van der Waals surface area contributed by atoms with Gasteiger partial charge in [-0.2, -0.15) is 0 Å². The number of hydrogen-bond acceptors (Lipinski definition) is 5. The average molecular weight is 339 g/mol. The Morgan fingerprint density at radius 3 is 3.08 bits per heavy atom. The van der Waals surface area contributed by atoms with Crippen LogP contribution in [-0.2, 0) is 11.3 Å². The van der Waals surface area contributed by atoms with E-state index in [-0.39, 0.29) is 18.6 Å². The molecule has 4 rings (SSSR count). The van der Waals surface area contributed by atoms with Gasteiger partial charge in [0.25, 0.3) is 0 Å². The summed E-state index contributed by atoms with van der Waals surface area (Å²) >= 11 is 0. The van der Waals surface area contributed by atoms with Crippen molar-refractivity contribution in [3.63, 3.8) is 0 Å². The van der Waals surface area contributed by atoms with Crippen molar-refractivity contribution in [1.82, 2.24) is 9.88 Å². The summed E-state index contributed by atoms with van der Waals surface area (Å²) in [6, 6.07) is 9.51. The molecule has 1 saturated heterocycles. The van der Waals surface area contributed by atoms with Gasteiger partial charge in [0.1, 0.15) is 0 Å². The first-order valence-electron chi connectivity index (χ1n) is 8.60. The fraction of sp³-hybridized carbons (Fsp3) is 0.368. The number of carbonyl (C=O) groups is 1. The van der Waals surface area contributed by atoms with Gasteiger partial charge < -0.3 is 14.8 Å². The SMILES string of the molecule is O=C(Nc1ccc2c(c1)OCO2)C1CCCN(Cc2cccnc2)C1. The average Bonchev–Trinajstić information content (AvgIpc) is 3.10. The molecule has 130 valence electrons. The number of aromatic nitrogens is 1. The highest BCUT2D eigenvalue weighted by Gasteiger charge is 2.26. The first kappa shape index (κ1) is 15.9. The molecule has 25 heavy (non-hydrogen) atoms.